The fraction of sp³-hybridized carbons (Fsp3) is 0.706. The van der Waals surface area contributed by atoms with E-state index in [0.717, 1.165) is 37.6 Å². The zero-order valence-corrected chi connectivity index (χ0v) is 13.9. The number of ether oxygens (including phenoxy) is 1. The van der Waals surface area contributed by atoms with E-state index in [0.29, 0.717) is 6.10 Å². The van der Waals surface area contributed by atoms with Crippen LogP contribution in [0.4, 0.5) is 0 Å². The van der Waals surface area contributed by atoms with Gasteiger partial charge in [0, 0.05) is 31.8 Å². The molecule has 0 aliphatic carbocycles. The molecule has 1 unspecified atom stereocenters. The summed E-state index contributed by atoms with van der Waals surface area (Å²) in [6, 6.07) is 6.29. The summed E-state index contributed by atoms with van der Waals surface area (Å²) in [5.74, 6) is 0. The van der Waals surface area contributed by atoms with E-state index in [1.807, 2.05) is 0 Å². The van der Waals surface area contributed by atoms with Crippen molar-refractivity contribution in [2.45, 2.75) is 58.3 Å². The number of hydrogen-bond acceptors (Lipinski definition) is 4. The minimum absolute atomic E-state index is 0.119. The third-order valence-electron chi connectivity index (χ3n) is 3.64. The lowest BCUT2D eigenvalue weighted by atomic mass is 10.1. The Morgan fingerprint density at radius 2 is 2.10 bits per heavy atom. The molecule has 1 aromatic rings. The number of rotatable bonds is 6. The molecule has 0 bridgehead atoms. The number of nitrogens with one attached hydrogen (secondary N) is 1. The molecule has 4 heteroatoms. The number of hydrogen-bond donors (Lipinski definition) is 1. The molecule has 2 heterocycles. The minimum atomic E-state index is 0.119. The van der Waals surface area contributed by atoms with Crippen LogP contribution in [0.3, 0.4) is 0 Å². The van der Waals surface area contributed by atoms with E-state index in [2.05, 4.69) is 56.2 Å². The summed E-state index contributed by atoms with van der Waals surface area (Å²) in [6.07, 6.45) is 2.79. The molecule has 2 rings (SSSR count). The molecular weight excluding hydrogens is 262 g/mol. The third kappa shape index (κ3) is 6.12. The number of nitrogens with zero attached hydrogens (tertiary/aromatic N) is 2. The molecule has 21 heavy (non-hydrogen) atoms. The van der Waals surface area contributed by atoms with E-state index in [9.17, 15) is 0 Å². The predicted octanol–water partition coefficient (Wildman–Crippen LogP) is 2.58. The Balaban J connectivity index is 1.84. The number of likely N-dealkylation sites (N-methyl/N-ethyl adjacent to an activating group) is 1. The molecule has 0 amide bonds. The van der Waals surface area contributed by atoms with Gasteiger partial charge in [0.05, 0.1) is 17.5 Å². The fourth-order valence-corrected chi connectivity index (χ4v) is 2.55. The second-order valence-electron chi connectivity index (χ2n) is 7.06. The van der Waals surface area contributed by atoms with Gasteiger partial charge in [0.25, 0.3) is 0 Å². The molecule has 1 aliphatic rings. The van der Waals surface area contributed by atoms with Gasteiger partial charge in [0.1, 0.15) is 0 Å². The molecule has 1 N–H and O–H groups in total. The monoisotopic (exact) mass is 291 g/mol. The van der Waals surface area contributed by atoms with Crippen molar-refractivity contribution in [1.29, 1.82) is 0 Å². The van der Waals surface area contributed by atoms with Gasteiger partial charge >= 0.3 is 0 Å². The van der Waals surface area contributed by atoms with Crippen molar-refractivity contribution in [3.8, 4) is 0 Å². The van der Waals surface area contributed by atoms with Gasteiger partial charge in [-0.25, -0.2) is 0 Å². The van der Waals surface area contributed by atoms with Crippen LogP contribution in [0.25, 0.3) is 0 Å². The van der Waals surface area contributed by atoms with Crippen LogP contribution >= 0.6 is 0 Å². The average molecular weight is 291 g/mol. The van der Waals surface area contributed by atoms with Crippen molar-refractivity contribution < 1.29 is 4.74 Å². The van der Waals surface area contributed by atoms with Crippen molar-refractivity contribution in [3.05, 3.63) is 29.6 Å². The topological polar surface area (TPSA) is 37.4 Å². The van der Waals surface area contributed by atoms with E-state index in [1.54, 1.807) is 0 Å². The molecule has 1 saturated heterocycles. The highest BCUT2D eigenvalue weighted by Crippen LogP contribution is 2.14. The Morgan fingerprint density at radius 1 is 1.33 bits per heavy atom. The standard InChI is InChI=1S/C17H29N3O/c1-17(2,3)18-11-14-7-5-8-15(19-14)12-20(4)13-16-9-6-10-21-16/h5,7-8,16,18H,6,9-13H2,1-4H3. The summed E-state index contributed by atoms with van der Waals surface area (Å²) in [6.45, 7) is 10.1. The van der Waals surface area contributed by atoms with Gasteiger partial charge in [-0.05, 0) is 52.8 Å². The van der Waals surface area contributed by atoms with Crippen LogP contribution in [0, 0.1) is 0 Å². The first-order chi connectivity index (χ1) is 9.92. The summed E-state index contributed by atoms with van der Waals surface area (Å²) in [7, 11) is 2.14. The van der Waals surface area contributed by atoms with Gasteiger partial charge in [0.2, 0.25) is 0 Å². The lowest BCUT2D eigenvalue weighted by molar-refractivity contribution is 0.0790. The lowest BCUT2D eigenvalue weighted by Crippen LogP contribution is -2.35. The highest BCUT2D eigenvalue weighted by Gasteiger charge is 2.17. The summed E-state index contributed by atoms with van der Waals surface area (Å²) in [4.78, 5) is 7.05. The summed E-state index contributed by atoms with van der Waals surface area (Å²) in [5, 5.41) is 3.48. The van der Waals surface area contributed by atoms with Crippen LogP contribution in [0.1, 0.15) is 45.0 Å². The Bertz CT molecular complexity index is 436. The smallest absolute Gasteiger partial charge is 0.0702 e. The van der Waals surface area contributed by atoms with Gasteiger partial charge in [-0.1, -0.05) is 6.07 Å². The highest BCUT2D eigenvalue weighted by molar-refractivity contribution is 5.11. The van der Waals surface area contributed by atoms with Gasteiger partial charge in [0.15, 0.2) is 0 Å². The second-order valence-corrected chi connectivity index (χ2v) is 7.06. The molecule has 118 valence electrons. The van der Waals surface area contributed by atoms with Gasteiger partial charge in [-0.2, -0.15) is 0 Å². The SMILES string of the molecule is CN(Cc1cccc(CNC(C)(C)C)n1)CC1CCCO1. The van der Waals surface area contributed by atoms with Crippen LogP contribution in [0.2, 0.25) is 0 Å². The van der Waals surface area contributed by atoms with Crippen LogP contribution in [-0.4, -0.2) is 41.7 Å². The maximum Gasteiger partial charge on any atom is 0.0702 e. The first kappa shape index (κ1) is 16.4. The molecule has 0 radical (unpaired) electrons. The fourth-order valence-electron chi connectivity index (χ4n) is 2.55. The first-order valence-corrected chi connectivity index (χ1v) is 7.92. The Hall–Kier alpha value is -0.970. The molecule has 1 aromatic heterocycles. The van der Waals surface area contributed by atoms with E-state index < -0.39 is 0 Å². The Kier molecular flexibility index (Phi) is 5.73. The van der Waals surface area contributed by atoms with E-state index >= 15 is 0 Å². The van der Waals surface area contributed by atoms with Crippen molar-refractivity contribution in [3.63, 3.8) is 0 Å². The summed E-state index contributed by atoms with van der Waals surface area (Å²) in [5.41, 5.74) is 2.35. The van der Waals surface area contributed by atoms with Crippen molar-refractivity contribution >= 4 is 0 Å². The van der Waals surface area contributed by atoms with Crippen molar-refractivity contribution in [2.24, 2.45) is 0 Å². The number of aromatic nitrogens is 1. The first-order valence-electron chi connectivity index (χ1n) is 7.92. The molecule has 1 fully saturated rings. The maximum absolute atomic E-state index is 5.69. The number of pyridine rings is 1. The average Bonchev–Trinajstić information content (AvgIpc) is 2.88. The maximum atomic E-state index is 5.69. The zero-order valence-electron chi connectivity index (χ0n) is 13.9. The quantitative estimate of drug-likeness (QED) is 0.874. The van der Waals surface area contributed by atoms with Crippen LogP contribution < -0.4 is 5.32 Å². The van der Waals surface area contributed by atoms with E-state index in [4.69, 9.17) is 9.72 Å². The molecule has 0 saturated carbocycles. The Morgan fingerprint density at radius 3 is 2.76 bits per heavy atom. The van der Waals surface area contributed by atoms with Crippen molar-refractivity contribution in [1.82, 2.24) is 15.2 Å². The molecular formula is C17H29N3O. The van der Waals surface area contributed by atoms with Crippen LogP contribution in [0.15, 0.2) is 18.2 Å². The van der Waals surface area contributed by atoms with Gasteiger partial charge in [-0.3, -0.25) is 9.88 Å². The molecule has 0 aromatic carbocycles. The predicted molar refractivity (Wildman–Crippen MR) is 86.1 cm³/mol. The van der Waals surface area contributed by atoms with Crippen molar-refractivity contribution in [2.75, 3.05) is 20.2 Å². The van der Waals surface area contributed by atoms with E-state index in [-0.39, 0.29) is 5.54 Å². The van der Waals surface area contributed by atoms with Crippen LogP contribution in [0.5, 0.6) is 0 Å². The second kappa shape index (κ2) is 7.34. The minimum Gasteiger partial charge on any atom is -0.377 e. The molecule has 0 spiro atoms. The van der Waals surface area contributed by atoms with Gasteiger partial charge in [-0.15, -0.1) is 0 Å². The normalized spacial score (nSPS) is 19.4. The summed E-state index contributed by atoms with van der Waals surface area (Å²) < 4.78 is 5.69. The molecule has 1 aliphatic heterocycles. The molecule has 1 atom stereocenters. The molecule has 4 nitrogen and oxygen atoms in total. The largest absolute Gasteiger partial charge is 0.377 e. The third-order valence-corrected chi connectivity index (χ3v) is 3.64. The Labute approximate surface area is 128 Å². The van der Waals surface area contributed by atoms with E-state index in [1.165, 1.54) is 12.8 Å². The lowest BCUT2D eigenvalue weighted by Gasteiger charge is -2.21. The zero-order chi connectivity index (χ0) is 15.3. The summed E-state index contributed by atoms with van der Waals surface area (Å²) >= 11 is 0. The van der Waals surface area contributed by atoms with Gasteiger partial charge < -0.3 is 10.1 Å². The highest BCUT2D eigenvalue weighted by atomic mass is 16.5. The van der Waals surface area contributed by atoms with Crippen LogP contribution in [-0.2, 0) is 17.8 Å².